The maximum absolute atomic E-state index is 11.6. The van der Waals surface area contributed by atoms with E-state index in [9.17, 15) is 9.90 Å². The van der Waals surface area contributed by atoms with Gasteiger partial charge in [0.25, 0.3) is 0 Å². The number of benzene rings is 1. The van der Waals surface area contributed by atoms with Crippen molar-refractivity contribution in [3.05, 3.63) is 23.8 Å². The predicted molar refractivity (Wildman–Crippen MR) is 69.0 cm³/mol. The van der Waals surface area contributed by atoms with Crippen LogP contribution in [0.3, 0.4) is 0 Å². The van der Waals surface area contributed by atoms with E-state index in [1.54, 1.807) is 18.2 Å². The van der Waals surface area contributed by atoms with E-state index in [0.29, 0.717) is 6.42 Å². The van der Waals surface area contributed by atoms with E-state index in [4.69, 9.17) is 5.73 Å². The smallest absolute Gasteiger partial charge is 0.224 e. The average Bonchev–Trinajstić information content (AvgIpc) is 2.21. The zero-order valence-electron chi connectivity index (χ0n) is 10.4. The first-order valence-electron chi connectivity index (χ1n) is 5.84. The molecule has 1 aromatic carbocycles. The van der Waals surface area contributed by atoms with Crippen LogP contribution in [0.5, 0.6) is 5.75 Å². The van der Waals surface area contributed by atoms with E-state index < -0.39 is 0 Å². The first kappa shape index (κ1) is 13.5. The van der Waals surface area contributed by atoms with Crippen LogP contribution in [0.4, 0.5) is 5.69 Å². The van der Waals surface area contributed by atoms with Crippen LogP contribution < -0.4 is 11.1 Å². The van der Waals surface area contributed by atoms with Gasteiger partial charge in [-0.2, -0.15) is 0 Å². The van der Waals surface area contributed by atoms with Gasteiger partial charge in [0.1, 0.15) is 5.75 Å². The van der Waals surface area contributed by atoms with Gasteiger partial charge in [0.2, 0.25) is 5.91 Å². The quantitative estimate of drug-likeness (QED) is 0.686. The van der Waals surface area contributed by atoms with Crippen LogP contribution in [0, 0.1) is 6.92 Å². The van der Waals surface area contributed by atoms with Crippen LogP contribution in [0.15, 0.2) is 18.2 Å². The first-order chi connectivity index (χ1) is 7.99. The number of carbonyl (C=O) groups is 1. The Morgan fingerprint density at radius 2 is 2.24 bits per heavy atom. The second kappa shape index (κ2) is 6.25. The Bertz CT molecular complexity index is 389. The molecule has 4 nitrogen and oxygen atoms in total. The van der Waals surface area contributed by atoms with Gasteiger partial charge >= 0.3 is 0 Å². The van der Waals surface area contributed by atoms with E-state index in [0.717, 1.165) is 24.1 Å². The lowest BCUT2D eigenvalue weighted by Crippen LogP contribution is -2.17. The van der Waals surface area contributed by atoms with Crippen LogP contribution in [0.1, 0.15) is 31.7 Å². The molecule has 1 unspecified atom stereocenters. The number of rotatable bonds is 5. The number of anilines is 1. The van der Waals surface area contributed by atoms with Crippen molar-refractivity contribution in [1.82, 2.24) is 0 Å². The minimum absolute atomic E-state index is 0.0144. The van der Waals surface area contributed by atoms with Crippen LogP contribution >= 0.6 is 0 Å². The number of nitrogens with one attached hydrogen (secondary N) is 1. The number of nitrogens with two attached hydrogens (primary N) is 1. The topological polar surface area (TPSA) is 75.3 Å². The van der Waals surface area contributed by atoms with Gasteiger partial charge in [-0.3, -0.25) is 4.79 Å². The Morgan fingerprint density at radius 1 is 1.53 bits per heavy atom. The maximum Gasteiger partial charge on any atom is 0.224 e. The van der Waals surface area contributed by atoms with Gasteiger partial charge in [-0.05, 0) is 50.5 Å². The number of phenols is 1. The fraction of sp³-hybridized carbons (Fsp3) is 0.462. The second-order valence-corrected chi connectivity index (χ2v) is 4.42. The van der Waals surface area contributed by atoms with Crippen molar-refractivity contribution in [1.29, 1.82) is 0 Å². The summed E-state index contributed by atoms with van der Waals surface area (Å²) in [6, 6.07) is 5.02. The van der Waals surface area contributed by atoms with Crippen LogP contribution in [-0.2, 0) is 4.79 Å². The molecule has 1 amide bonds. The number of carbonyl (C=O) groups excluding carboxylic acids is 1. The molecule has 0 radical (unpaired) electrons. The highest BCUT2D eigenvalue weighted by atomic mass is 16.3. The lowest BCUT2D eigenvalue weighted by Gasteiger charge is -2.09. The zero-order chi connectivity index (χ0) is 12.8. The summed E-state index contributed by atoms with van der Waals surface area (Å²) in [6.07, 6.45) is 2.12. The standard InChI is InChI=1S/C13H20N2O2/c1-9-8-11(16)6-7-12(9)15-13(17)5-3-4-10(2)14/h6-8,10,16H,3-5,14H2,1-2H3,(H,15,17). The Morgan fingerprint density at radius 3 is 2.82 bits per heavy atom. The minimum atomic E-state index is -0.0144. The highest BCUT2D eigenvalue weighted by molar-refractivity contribution is 5.91. The zero-order valence-corrected chi connectivity index (χ0v) is 10.4. The van der Waals surface area contributed by atoms with Gasteiger partial charge in [0, 0.05) is 18.2 Å². The molecule has 1 aromatic rings. The van der Waals surface area contributed by atoms with E-state index in [1.165, 1.54) is 0 Å². The van der Waals surface area contributed by atoms with Gasteiger partial charge < -0.3 is 16.2 Å². The van der Waals surface area contributed by atoms with Crippen LogP contribution in [0.2, 0.25) is 0 Å². The van der Waals surface area contributed by atoms with Crippen molar-refractivity contribution in [2.45, 2.75) is 39.2 Å². The Kier molecular flexibility index (Phi) is 4.97. The third kappa shape index (κ3) is 4.87. The highest BCUT2D eigenvalue weighted by Crippen LogP contribution is 2.20. The number of amides is 1. The summed E-state index contributed by atoms with van der Waals surface area (Å²) < 4.78 is 0. The number of aromatic hydroxyl groups is 1. The summed E-state index contributed by atoms with van der Waals surface area (Å²) in [5.41, 5.74) is 7.21. The molecule has 0 aliphatic rings. The van der Waals surface area contributed by atoms with Gasteiger partial charge in [0.05, 0.1) is 0 Å². The lowest BCUT2D eigenvalue weighted by molar-refractivity contribution is -0.116. The predicted octanol–water partition coefficient (Wildman–Crippen LogP) is 2.16. The first-order valence-corrected chi connectivity index (χ1v) is 5.84. The molecule has 1 rings (SSSR count). The third-order valence-corrected chi connectivity index (χ3v) is 2.55. The molecule has 0 saturated heterocycles. The van der Waals surface area contributed by atoms with Crippen molar-refractivity contribution in [3.63, 3.8) is 0 Å². The average molecular weight is 236 g/mol. The summed E-state index contributed by atoms with van der Waals surface area (Å²) in [6.45, 7) is 3.78. The molecule has 1 atom stereocenters. The molecule has 0 aromatic heterocycles. The normalized spacial score (nSPS) is 12.2. The Labute approximate surface area is 102 Å². The summed E-state index contributed by atoms with van der Waals surface area (Å²) >= 11 is 0. The summed E-state index contributed by atoms with van der Waals surface area (Å²) in [7, 11) is 0. The molecular weight excluding hydrogens is 216 g/mol. The second-order valence-electron chi connectivity index (χ2n) is 4.42. The van der Waals surface area contributed by atoms with Crippen molar-refractivity contribution >= 4 is 11.6 Å². The van der Waals surface area contributed by atoms with Gasteiger partial charge in [0.15, 0.2) is 0 Å². The van der Waals surface area contributed by atoms with Crippen molar-refractivity contribution in [2.24, 2.45) is 5.73 Å². The van der Waals surface area contributed by atoms with E-state index in [2.05, 4.69) is 5.32 Å². The monoisotopic (exact) mass is 236 g/mol. The van der Waals surface area contributed by atoms with Crippen LogP contribution in [0.25, 0.3) is 0 Å². The SMILES string of the molecule is Cc1cc(O)ccc1NC(=O)CCCC(C)N. The molecule has 0 bridgehead atoms. The summed E-state index contributed by atoms with van der Waals surface area (Å²) in [5, 5.41) is 12.1. The van der Waals surface area contributed by atoms with E-state index >= 15 is 0 Å². The van der Waals surface area contributed by atoms with E-state index in [-0.39, 0.29) is 17.7 Å². The lowest BCUT2D eigenvalue weighted by atomic mass is 10.1. The van der Waals surface area contributed by atoms with Crippen molar-refractivity contribution in [2.75, 3.05) is 5.32 Å². The van der Waals surface area contributed by atoms with Crippen molar-refractivity contribution < 1.29 is 9.90 Å². The van der Waals surface area contributed by atoms with Gasteiger partial charge in [-0.25, -0.2) is 0 Å². The fourth-order valence-corrected chi connectivity index (χ4v) is 1.59. The molecule has 0 heterocycles. The molecule has 94 valence electrons. The number of hydrogen-bond donors (Lipinski definition) is 3. The number of phenolic OH excluding ortho intramolecular Hbond substituents is 1. The molecule has 0 spiro atoms. The molecule has 0 aliphatic carbocycles. The molecule has 4 N–H and O–H groups in total. The van der Waals surface area contributed by atoms with E-state index in [1.807, 2.05) is 13.8 Å². The molecule has 0 aliphatic heterocycles. The number of hydrogen-bond acceptors (Lipinski definition) is 3. The highest BCUT2D eigenvalue weighted by Gasteiger charge is 2.05. The summed E-state index contributed by atoms with van der Waals surface area (Å²) in [4.78, 5) is 11.6. The van der Waals surface area contributed by atoms with Crippen molar-refractivity contribution in [3.8, 4) is 5.75 Å². The molecule has 17 heavy (non-hydrogen) atoms. The largest absolute Gasteiger partial charge is 0.508 e. The minimum Gasteiger partial charge on any atom is -0.508 e. The van der Waals surface area contributed by atoms with Gasteiger partial charge in [-0.1, -0.05) is 0 Å². The molecule has 4 heteroatoms. The Hall–Kier alpha value is -1.55. The van der Waals surface area contributed by atoms with Gasteiger partial charge in [-0.15, -0.1) is 0 Å². The maximum atomic E-state index is 11.6. The molecule has 0 fully saturated rings. The fourth-order valence-electron chi connectivity index (χ4n) is 1.59. The third-order valence-electron chi connectivity index (χ3n) is 2.55. The Balaban J connectivity index is 2.45. The van der Waals surface area contributed by atoms with Crippen LogP contribution in [-0.4, -0.2) is 17.1 Å². The summed E-state index contributed by atoms with van der Waals surface area (Å²) in [5.74, 6) is 0.192. The molecular formula is C13H20N2O2. The number of aryl methyl sites for hydroxylation is 1. The molecule has 0 saturated carbocycles.